The van der Waals surface area contributed by atoms with Gasteiger partial charge in [-0.1, -0.05) is 86.5 Å². The van der Waals surface area contributed by atoms with Gasteiger partial charge in [-0.05, 0) is 39.1 Å². The summed E-state index contributed by atoms with van der Waals surface area (Å²) in [5, 5.41) is 4.31. The molecule has 0 amide bonds. The first-order valence-corrected chi connectivity index (χ1v) is 8.79. The maximum atomic E-state index is 3.60. The molecule has 0 nitrogen and oxygen atoms in total. The average Bonchev–Trinajstić information content (AvgIpc) is 2.53. The second-order valence-electron chi connectivity index (χ2n) is 4.78. The summed E-state index contributed by atoms with van der Waals surface area (Å²) in [6.07, 6.45) is 0. The summed E-state index contributed by atoms with van der Waals surface area (Å²) in [6, 6.07) is 21.7. The van der Waals surface area contributed by atoms with Gasteiger partial charge in [0.05, 0.1) is 0 Å². The van der Waals surface area contributed by atoms with Crippen molar-refractivity contribution in [2.24, 2.45) is 0 Å². The minimum atomic E-state index is 0.871. The molecule has 100 valence electrons. The van der Waals surface area contributed by atoms with E-state index in [9.17, 15) is 0 Å². The standard InChI is InChI=1S/C18H14Br2/c19-11-16-6-3-7-17(12-20)18(16)15-9-8-13-4-1-2-5-14(13)10-15/h1-10H,11-12H2. The van der Waals surface area contributed by atoms with Gasteiger partial charge in [-0.3, -0.25) is 0 Å². The normalized spacial score (nSPS) is 10.9. The molecule has 0 fully saturated rings. The molecule has 0 saturated heterocycles. The van der Waals surface area contributed by atoms with Crippen molar-refractivity contribution >= 4 is 42.6 Å². The van der Waals surface area contributed by atoms with Crippen LogP contribution >= 0.6 is 31.9 Å². The monoisotopic (exact) mass is 388 g/mol. The van der Waals surface area contributed by atoms with Crippen molar-refractivity contribution in [1.82, 2.24) is 0 Å². The third kappa shape index (κ3) is 2.55. The number of halogens is 2. The summed E-state index contributed by atoms with van der Waals surface area (Å²) >= 11 is 7.21. The topological polar surface area (TPSA) is 0 Å². The Morgan fingerprint density at radius 1 is 0.650 bits per heavy atom. The molecular weight excluding hydrogens is 376 g/mol. The smallest absolute Gasteiger partial charge is 0.0289 e. The van der Waals surface area contributed by atoms with Crippen molar-refractivity contribution in [3.05, 3.63) is 71.8 Å². The molecule has 2 heteroatoms. The highest BCUT2D eigenvalue weighted by Gasteiger charge is 2.09. The van der Waals surface area contributed by atoms with Crippen molar-refractivity contribution in [2.45, 2.75) is 10.7 Å². The fourth-order valence-electron chi connectivity index (χ4n) is 2.59. The van der Waals surface area contributed by atoms with E-state index < -0.39 is 0 Å². The highest BCUT2D eigenvalue weighted by atomic mass is 79.9. The van der Waals surface area contributed by atoms with E-state index >= 15 is 0 Å². The Morgan fingerprint density at radius 2 is 1.30 bits per heavy atom. The molecule has 0 heterocycles. The lowest BCUT2D eigenvalue weighted by Crippen LogP contribution is -1.92. The molecule has 3 aromatic carbocycles. The van der Waals surface area contributed by atoms with Crippen LogP contribution in [0, 0.1) is 0 Å². The fourth-order valence-corrected chi connectivity index (χ4v) is 3.53. The van der Waals surface area contributed by atoms with Crippen LogP contribution < -0.4 is 0 Å². The van der Waals surface area contributed by atoms with E-state index in [1.807, 2.05) is 0 Å². The van der Waals surface area contributed by atoms with Gasteiger partial charge in [0.1, 0.15) is 0 Å². The van der Waals surface area contributed by atoms with Crippen LogP contribution in [0.1, 0.15) is 11.1 Å². The number of benzene rings is 3. The number of hydrogen-bond acceptors (Lipinski definition) is 0. The van der Waals surface area contributed by atoms with Gasteiger partial charge in [-0.15, -0.1) is 0 Å². The molecule has 20 heavy (non-hydrogen) atoms. The Balaban J connectivity index is 2.24. The molecule has 0 aromatic heterocycles. The van der Waals surface area contributed by atoms with Crippen LogP contribution in [-0.4, -0.2) is 0 Å². The van der Waals surface area contributed by atoms with E-state index in [4.69, 9.17) is 0 Å². The molecule has 0 aliphatic heterocycles. The zero-order valence-electron chi connectivity index (χ0n) is 10.9. The van der Waals surface area contributed by atoms with Crippen molar-refractivity contribution in [3.8, 4) is 11.1 Å². The van der Waals surface area contributed by atoms with E-state index in [1.165, 1.54) is 33.0 Å². The van der Waals surface area contributed by atoms with Crippen LogP contribution in [0.4, 0.5) is 0 Å². The summed E-state index contributed by atoms with van der Waals surface area (Å²) in [5.41, 5.74) is 5.29. The predicted octanol–water partition coefficient (Wildman–Crippen LogP) is 6.30. The number of rotatable bonds is 3. The Kier molecular flexibility index (Phi) is 4.23. The molecule has 0 bridgehead atoms. The predicted molar refractivity (Wildman–Crippen MR) is 94.6 cm³/mol. The Bertz CT molecular complexity index is 725. The molecule has 0 unspecified atom stereocenters. The van der Waals surface area contributed by atoms with Gasteiger partial charge >= 0.3 is 0 Å². The second-order valence-corrected chi connectivity index (χ2v) is 5.90. The van der Waals surface area contributed by atoms with E-state index in [0.29, 0.717) is 0 Å². The number of fused-ring (bicyclic) bond motifs is 1. The van der Waals surface area contributed by atoms with Crippen LogP contribution in [0.25, 0.3) is 21.9 Å². The molecule has 0 aliphatic carbocycles. The molecule has 0 spiro atoms. The van der Waals surface area contributed by atoms with Crippen molar-refractivity contribution in [2.75, 3.05) is 0 Å². The van der Waals surface area contributed by atoms with E-state index in [2.05, 4.69) is 92.5 Å². The molecule has 0 atom stereocenters. The molecule has 3 rings (SSSR count). The third-order valence-corrected chi connectivity index (χ3v) is 4.77. The first-order chi connectivity index (χ1) is 9.83. The summed E-state index contributed by atoms with van der Waals surface area (Å²) < 4.78 is 0. The van der Waals surface area contributed by atoms with Crippen LogP contribution in [0.3, 0.4) is 0 Å². The van der Waals surface area contributed by atoms with Crippen LogP contribution in [0.2, 0.25) is 0 Å². The lowest BCUT2D eigenvalue weighted by molar-refractivity contribution is 1.35. The van der Waals surface area contributed by atoms with Gasteiger partial charge < -0.3 is 0 Å². The van der Waals surface area contributed by atoms with Crippen molar-refractivity contribution in [1.29, 1.82) is 0 Å². The van der Waals surface area contributed by atoms with Gasteiger partial charge in [-0.25, -0.2) is 0 Å². The first kappa shape index (κ1) is 13.8. The molecule has 0 N–H and O–H groups in total. The fraction of sp³-hybridized carbons (Fsp3) is 0.111. The SMILES string of the molecule is BrCc1cccc(CBr)c1-c1ccc2ccccc2c1. The van der Waals surface area contributed by atoms with Gasteiger partial charge in [0.2, 0.25) is 0 Å². The Labute approximate surface area is 136 Å². The molecule has 0 aliphatic rings. The van der Waals surface area contributed by atoms with Gasteiger partial charge in [0.25, 0.3) is 0 Å². The van der Waals surface area contributed by atoms with E-state index in [1.54, 1.807) is 0 Å². The Morgan fingerprint density at radius 3 is 1.95 bits per heavy atom. The van der Waals surface area contributed by atoms with Crippen molar-refractivity contribution < 1.29 is 0 Å². The zero-order chi connectivity index (χ0) is 13.9. The molecule has 3 aromatic rings. The second kappa shape index (κ2) is 6.11. The largest absolute Gasteiger partial charge is 0.0876 e. The van der Waals surface area contributed by atoms with Crippen LogP contribution in [-0.2, 0) is 10.7 Å². The number of alkyl halides is 2. The molecule has 0 saturated carbocycles. The van der Waals surface area contributed by atoms with Gasteiger partial charge in [0, 0.05) is 10.7 Å². The maximum absolute atomic E-state index is 3.60. The minimum Gasteiger partial charge on any atom is -0.0876 e. The third-order valence-electron chi connectivity index (χ3n) is 3.56. The summed E-state index contributed by atoms with van der Waals surface area (Å²) in [6.45, 7) is 0. The zero-order valence-corrected chi connectivity index (χ0v) is 14.1. The molecular formula is C18H14Br2. The quantitative estimate of drug-likeness (QED) is 0.461. The maximum Gasteiger partial charge on any atom is 0.0289 e. The molecule has 0 radical (unpaired) electrons. The van der Waals surface area contributed by atoms with E-state index in [0.717, 1.165) is 10.7 Å². The van der Waals surface area contributed by atoms with Crippen LogP contribution in [0.15, 0.2) is 60.7 Å². The highest BCUT2D eigenvalue weighted by Crippen LogP contribution is 2.32. The highest BCUT2D eigenvalue weighted by molar-refractivity contribution is 9.08. The van der Waals surface area contributed by atoms with Crippen molar-refractivity contribution in [3.63, 3.8) is 0 Å². The Hall–Kier alpha value is -1.12. The minimum absolute atomic E-state index is 0.871. The summed E-state index contributed by atoms with van der Waals surface area (Å²) in [4.78, 5) is 0. The summed E-state index contributed by atoms with van der Waals surface area (Å²) in [7, 11) is 0. The lowest BCUT2D eigenvalue weighted by Gasteiger charge is -2.13. The van der Waals surface area contributed by atoms with E-state index in [-0.39, 0.29) is 0 Å². The van der Waals surface area contributed by atoms with Crippen LogP contribution in [0.5, 0.6) is 0 Å². The lowest BCUT2D eigenvalue weighted by atomic mass is 9.94. The average molecular weight is 390 g/mol. The first-order valence-electron chi connectivity index (χ1n) is 6.55. The van der Waals surface area contributed by atoms with Gasteiger partial charge in [-0.2, -0.15) is 0 Å². The number of hydrogen-bond donors (Lipinski definition) is 0. The van der Waals surface area contributed by atoms with Gasteiger partial charge in [0.15, 0.2) is 0 Å². The summed E-state index contributed by atoms with van der Waals surface area (Å²) in [5.74, 6) is 0.